The van der Waals surface area contributed by atoms with Gasteiger partial charge in [-0.25, -0.2) is 4.79 Å². The Hall–Kier alpha value is -2.24. The minimum atomic E-state index is -0.597. The normalized spacial score (nSPS) is 10.7. The third-order valence-electron chi connectivity index (χ3n) is 2.15. The Balaban J connectivity index is 2.95. The number of nitrogen functional groups attached to an aromatic ring is 1. The van der Waals surface area contributed by atoms with Crippen LogP contribution in [-0.2, 0) is 4.74 Å². The van der Waals surface area contributed by atoms with Gasteiger partial charge in [0.15, 0.2) is 0 Å². The van der Waals surface area contributed by atoms with Crippen LogP contribution in [0.2, 0.25) is 0 Å². The molecule has 0 spiro atoms. The summed E-state index contributed by atoms with van der Waals surface area (Å²) in [5.74, 6) is 0.393. The topological polar surface area (TPSA) is 97.4 Å². The lowest BCUT2D eigenvalue weighted by atomic mass is 10.1. The quantitative estimate of drug-likeness (QED) is 0.577. The van der Waals surface area contributed by atoms with Crippen molar-refractivity contribution in [1.29, 1.82) is 5.41 Å². The number of hydrogen-bond acceptors (Lipinski definition) is 4. The zero-order valence-corrected chi connectivity index (χ0v) is 11.5. The average Bonchev–Trinajstić information content (AvgIpc) is 2.26. The molecule has 0 aliphatic heterocycles. The summed E-state index contributed by atoms with van der Waals surface area (Å²) in [6.45, 7) is 5.31. The Bertz CT molecular complexity index is 492. The summed E-state index contributed by atoms with van der Waals surface area (Å²) in [6, 6.07) is 4.85. The number of nitrogens with one attached hydrogen (secondary N) is 2. The summed E-state index contributed by atoms with van der Waals surface area (Å²) in [6.07, 6.45) is -0.597. The van der Waals surface area contributed by atoms with E-state index in [0.29, 0.717) is 17.0 Å². The van der Waals surface area contributed by atoms with Crippen molar-refractivity contribution in [3.63, 3.8) is 0 Å². The Morgan fingerprint density at radius 3 is 2.47 bits per heavy atom. The van der Waals surface area contributed by atoms with Crippen LogP contribution in [-0.4, -0.2) is 24.6 Å². The van der Waals surface area contributed by atoms with Crippen molar-refractivity contribution in [2.45, 2.75) is 26.4 Å². The van der Waals surface area contributed by atoms with Crippen LogP contribution in [0, 0.1) is 5.41 Å². The van der Waals surface area contributed by atoms with Gasteiger partial charge >= 0.3 is 6.09 Å². The predicted octanol–water partition coefficient (Wildman–Crippen LogP) is 2.33. The third-order valence-corrected chi connectivity index (χ3v) is 2.15. The number of amidine groups is 1. The van der Waals surface area contributed by atoms with Crippen LogP contribution in [0.5, 0.6) is 5.75 Å². The first kappa shape index (κ1) is 14.8. The first-order valence-corrected chi connectivity index (χ1v) is 5.75. The van der Waals surface area contributed by atoms with Gasteiger partial charge in [0.1, 0.15) is 17.2 Å². The van der Waals surface area contributed by atoms with Crippen molar-refractivity contribution < 1.29 is 14.3 Å². The Kier molecular flexibility index (Phi) is 4.37. The number of hydrogen-bond donors (Lipinski definition) is 3. The summed E-state index contributed by atoms with van der Waals surface area (Å²) < 4.78 is 10.2. The fraction of sp³-hybridized carbons (Fsp3) is 0.385. The molecule has 0 radical (unpaired) electrons. The maximum absolute atomic E-state index is 11.7. The van der Waals surface area contributed by atoms with Gasteiger partial charge in [0, 0.05) is 5.56 Å². The number of amides is 1. The number of anilines is 1. The highest BCUT2D eigenvalue weighted by atomic mass is 16.6. The number of carbonyl (C=O) groups is 1. The van der Waals surface area contributed by atoms with Gasteiger partial charge in [0.2, 0.25) is 0 Å². The first-order chi connectivity index (χ1) is 8.73. The minimum absolute atomic E-state index is 0.162. The molecule has 0 saturated heterocycles. The highest BCUT2D eigenvalue weighted by molar-refractivity contribution is 6.03. The molecule has 0 saturated carbocycles. The molecule has 0 heterocycles. The van der Waals surface area contributed by atoms with Gasteiger partial charge in [-0.2, -0.15) is 0 Å². The van der Waals surface area contributed by atoms with Crippen molar-refractivity contribution in [2.75, 3.05) is 12.4 Å². The largest absolute Gasteiger partial charge is 0.497 e. The SMILES string of the molecule is COc1ccc(NC(=O)OC(C)(C)C)c(C(=N)N)c1. The van der Waals surface area contributed by atoms with Crippen LogP contribution in [0.25, 0.3) is 0 Å². The fourth-order valence-corrected chi connectivity index (χ4v) is 1.40. The summed E-state index contributed by atoms with van der Waals surface area (Å²) in [5, 5.41) is 10.1. The highest BCUT2D eigenvalue weighted by Crippen LogP contribution is 2.22. The number of benzene rings is 1. The Morgan fingerprint density at radius 1 is 1.37 bits per heavy atom. The van der Waals surface area contributed by atoms with Crippen LogP contribution >= 0.6 is 0 Å². The van der Waals surface area contributed by atoms with E-state index in [4.69, 9.17) is 20.6 Å². The average molecular weight is 265 g/mol. The second-order valence-corrected chi connectivity index (χ2v) is 4.95. The van der Waals surface area contributed by atoms with E-state index in [1.807, 2.05) is 0 Å². The van der Waals surface area contributed by atoms with E-state index in [9.17, 15) is 4.79 Å². The molecule has 1 aromatic carbocycles. The highest BCUT2D eigenvalue weighted by Gasteiger charge is 2.18. The number of nitrogens with two attached hydrogens (primary N) is 1. The summed E-state index contributed by atoms with van der Waals surface area (Å²) in [4.78, 5) is 11.7. The summed E-state index contributed by atoms with van der Waals surface area (Å²) in [5.41, 5.74) is 5.67. The van der Waals surface area contributed by atoms with Crippen LogP contribution in [0.3, 0.4) is 0 Å². The number of methoxy groups -OCH3 is 1. The van der Waals surface area contributed by atoms with Crippen LogP contribution in [0.15, 0.2) is 18.2 Å². The van der Waals surface area contributed by atoms with Gasteiger partial charge in [0.25, 0.3) is 0 Å². The van der Waals surface area contributed by atoms with Crippen molar-refractivity contribution in [2.24, 2.45) is 5.73 Å². The van der Waals surface area contributed by atoms with Crippen LogP contribution < -0.4 is 15.8 Å². The Labute approximate surface area is 112 Å². The molecule has 19 heavy (non-hydrogen) atoms. The maximum Gasteiger partial charge on any atom is 0.412 e. The zero-order valence-electron chi connectivity index (χ0n) is 11.5. The van der Waals surface area contributed by atoms with Crippen molar-refractivity contribution >= 4 is 17.6 Å². The monoisotopic (exact) mass is 265 g/mol. The van der Waals surface area contributed by atoms with Crippen LogP contribution in [0.1, 0.15) is 26.3 Å². The fourth-order valence-electron chi connectivity index (χ4n) is 1.40. The molecule has 1 rings (SSSR count). The lowest BCUT2D eigenvalue weighted by molar-refractivity contribution is 0.0636. The van der Waals surface area contributed by atoms with Crippen LogP contribution in [0.4, 0.5) is 10.5 Å². The van der Waals surface area contributed by atoms with Gasteiger partial charge < -0.3 is 15.2 Å². The smallest absolute Gasteiger partial charge is 0.412 e. The molecule has 0 aliphatic rings. The molecule has 104 valence electrons. The summed E-state index contributed by atoms with van der Waals surface area (Å²) in [7, 11) is 1.51. The lowest BCUT2D eigenvalue weighted by Crippen LogP contribution is -2.28. The van der Waals surface area contributed by atoms with Gasteiger partial charge in [-0.15, -0.1) is 0 Å². The van der Waals surface area contributed by atoms with Gasteiger partial charge in [-0.1, -0.05) is 0 Å². The van der Waals surface area contributed by atoms with E-state index < -0.39 is 11.7 Å². The van der Waals surface area contributed by atoms with Gasteiger partial charge in [0.05, 0.1) is 12.8 Å². The molecular weight excluding hydrogens is 246 g/mol. The van der Waals surface area contributed by atoms with Crippen molar-refractivity contribution in [3.8, 4) is 5.75 Å². The molecule has 0 unspecified atom stereocenters. The Morgan fingerprint density at radius 2 is 2.00 bits per heavy atom. The molecule has 4 N–H and O–H groups in total. The zero-order chi connectivity index (χ0) is 14.6. The first-order valence-electron chi connectivity index (χ1n) is 5.75. The number of rotatable bonds is 3. The molecule has 0 aromatic heterocycles. The number of ether oxygens (including phenoxy) is 2. The maximum atomic E-state index is 11.7. The van der Waals surface area contributed by atoms with E-state index in [1.54, 1.807) is 39.0 Å². The molecule has 0 aliphatic carbocycles. The standard InChI is InChI=1S/C13H19N3O3/c1-13(2,3)19-12(17)16-10-6-5-8(18-4)7-9(10)11(14)15/h5-7H,1-4H3,(H3,14,15)(H,16,17). The second kappa shape index (κ2) is 5.60. The molecule has 0 bridgehead atoms. The van der Waals surface area contributed by atoms with Gasteiger partial charge in [-0.3, -0.25) is 10.7 Å². The van der Waals surface area contributed by atoms with E-state index in [-0.39, 0.29) is 5.84 Å². The molecule has 1 amide bonds. The predicted molar refractivity (Wildman–Crippen MR) is 73.9 cm³/mol. The van der Waals surface area contributed by atoms with E-state index in [0.717, 1.165) is 0 Å². The van der Waals surface area contributed by atoms with E-state index in [1.165, 1.54) is 7.11 Å². The summed E-state index contributed by atoms with van der Waals surface area (Å²) >= 11 is 0. The van der Waals surface area contributed by atoms with E-state index in [2.05, 4.69) is 5.32 Å². The molecule has 6 nitrogen and oxygen atoms in total. The van der Waals surface area contributed by atoms with E-state index >= 15 is 0 Å². The molecular formula is C13H19N3O3. The molecule has 0 atom stereocenters. The number of carbonyl (C=O) groups excluding carboxylic acids is 1. The van der Waals surface area contributed by atoms with Gasteiger partial charge in [-0.05, 0) is 39.0 Å². The lowest BCUT2D eigenvalue weighted by Gasteiger charge is -2.20. The van der Waals surface area contributed by atoms with Crippen molar-refractivity contribution in [3.05, 3.63) is 23.8 Å². The molecule has 0 fully saturated rings. The second-order valence-electron chi connectivity index (χ2n) is 4.95. The molecule has 1 aromatic rings. The third kappa shape index (κ3) is 4.50. The molecule has 6 heteroatoms. The minimum Gasteiger partial charge on any atom is -0.497 e. The van der Waals surface area contributed by atoms with Crippen molar-refractivity contribution in [1.82, 2.24) is 0 Å².